The number of anilines is 1. The first kappa shape index (κ1) is 13.4. The second kappa shape index (κ2) is 5.12. The molecule has 17 heavy (non-hydrogen) atoms. The van der Waals surface area contributed by atoms with Crippen molar-refractivity contribution in [3.05, 3.63) is 29.8 Å². The maximum Gasteiger partial charge on any atom is 0.329 e. The Morgan fingerprint density at radius 2 is 1.94 bits per heavy atom. The molecule has 1 aromatic carbocycles. The standard InChI is InChI=1S/C12H15F2NO2/c1-3-12(4-2,11(16)17)15-9-7-5-6-8(13)10(9)14/h5-7,15H,3-4H2,1-2H3,(H,16,17). The first-order valence-electron chi connectivity index (χ1n) is 5.42. The Bertz CT molecular complexity index is 417. The van der Waals surface area contributed by atoms with E-state index in [9.17, 15) is 13.6 Å². The average molecular weight is 243 g/mol. The molecule has 2 N–H and O–H groups in total. The van der Waals surface area contributed by atoms with Gasteiger partial charge in [0.1, 0.15) is 5.54 Å². The van der Waals surface area contributed by atoms with Crippen LogP contribution < -0.4 is 5.32 Å². The molecule has 0 saturated carbocycles. The van der Waals surface area contributed by atoms with E-state index < -0.39 is 23.1 Å². The van der Waals surface area contributed by atoms with Crippen LogP contribution in [-0.2, 0) is 4.79 Å². The topological polar surface area (TPSA) is 49.3 Å². The van der Waals surface area contributed by atoms with Crippen LogP contribution in [0.5, 0.6) is 0 Å². The summed E-state index contributed by atoms with van der Waals surface area (Å²) in [6.45, 7) is 3.36. The summed E-state index contributed by atoms with van der Waals surface area (Å²) in [5.74, 6) is -3.13. The molecule has 0 bridgehead atoms. The lowest BCUT2D eigenvalue weighted by Gasteiger charge is -2.29. The first-order valence-corrected chi connectivity index (χ1v) is 5.42. The van der Waals surface area contributed by atoms with E-state index in [1.807, 2.05) is 0 Å². The lowest BCUT2D eigenvalue weighted by molar-refractivity contribution is -0.142. The third kappa shape index (κ3) is 2.54. The number of nitrogens with one attached hydrogen (secondary N) is 1. The van der Waals surface area contributed by atoms with Crippen LogP contribution in [0.2, 0.25) is 0 Å². The fourth-order valence-electron chi connectivity index (χ4n) is 1.64. The van der Waals surface area contributed by atoms with E-state index in [-0.39, 0.29) is 18.5 Å². The molecule has 94 valence electrons. The van der Waals surface area contributed by atoms with Crippen LogP contribution in [0.4, 0.5) is 14.5 Å². The van der Waals surface area contributed by atoms with Crippen LogP contribution in [-0.4, -0.2) is 16.6 Å². The highest BCUT2D eigenvalue weighted by Gasteiger charge is 2.35. The second-order valence-electron chi connectivity index (χ2n) is 3.82. The molecule has 3 nitrogen and oxygen atoms in total. The van der Waals surface area contributed by atoms with E-state index in [1.165, 1.54) is 12.1 Å². The Morgan fingerprint density at radius 1 is 1.35 bits per heavy atom. The van der Waals surface area contributed by atoms with Crippen molar-refractivity contribution in [2.24, 2.45) is 0 Å². The van der Waals surface area contributed by atoms with Gasteiger partial charge in [-0.05, 0) is 25.0 Å². The molecule has 1 aromatic rings. The summed E-state index contributed by atoms with van der Waals surface area (Å²) in [5.41, 5.74) is -1.40. The molecule has 0 aromatic heterocycles. The molecule has 0 saturated heterocycles. The molecule has 5 heteroatoms. The molecular formula is C12H15F2NO2. The number of carboxylic acids is 1. The predicted molar refractivity (Wildman–Crippen MR) is 60.9 cm³/mol. The summed E-state index contributed by atoms with van der Waals surface area (Å²) in [7, 11) is 0. The SMILES string of the molecule is CCC(CC)(Nc1cccc(F)c1F)C(=O)O. The van der Waals surface area contributed by atoms with E-state index in [4.69, 9.17) is 5.11 Å². The number of benzene rings is 1. The van der Waals surface area contributed by atoms with Crippen LogP contribution in [0.25, 0.3) is 0 Å². The van der Waals surface area contributed by atoms with Crippen LogP contribution in [0.15, 0.2) is 18.2 Å². The molecular weight excluding hydrogens is 228 g/mol. The van der Waals surface area contributed by atoms with Gasteiger partial charge in [0.05, 0.1) is 5.69 Å². The van der Waals surface area contributed by atoms with Crippen LogP contribution >= 0.6 is 0 Å². The van der Waals surface area contributed by atoms with E-state index >= 15 is 0 Å². The van der Waals surface area contributed by atoms with Crippen LogP contribution in [0.1, 0.15) is 26.7 Å². The van der Waals surface area contributed by atoms with Gasteiger partial charge in [0.25, 0.3) is 0 Å². The zero-order chi connectivity index (χ0) is 13.1. The Labute approximate surface area is 98.5 Å². The zero-order valence-electron chi connectivity index (χ0n) is 9.76. The Kier molecular flexibility index (Phi) is 4.04. The summed E-state index contributed by atoms with van der Waals surface area (Å²) in [6.07, 6.45) is 0.545. The Hall–Kier alpha value is -1.65. The lowest BCUT2D eigenvalue weighted by atomic mass is 9.92. The van der Waals surface area contributed by atoms with Crippen LogP contribution in [0.3, 0.4) is 0 Å². The van der Waals surface area contributed by atoms with Crippen molar-refractivity contribution in [2.75, 3.05) is 5.32 Å². The van der Waals surface area contributed by atoms with Crippen molar-refractivity contribution >= 4 is 11.7 Å². The maximum atomic E-state index is 13.4. The van der Waals surface area contributed by atoms with E-state index in [2.05, 4.69) is 5.32 Å². The second-order valence-corrected chi connectivity index (χ2v) is 3.82. The van der Waals surface area contributed by atoms with Gasteiger partial charge in [-0.15, -0.1) is 0 Å². The molecule has 0 spiro atoms. The third-order valence-electron chi connectivity index (χ3n) is 2.94. The van der Waals surface area contributed by atoms with Crippen molar-refractivity contribution in [1.29, 1.82) is 0 Å². The summed E-state index contributed by atoms with van der Waals surface area (Å²) >= 11 is 0. The minimum absolute atomic E-state index is 0.129. The van der Waals surface area contributed by atoms with Gasteiger partial charge >= 0.3 is 5.97 Å². The van der Waals surface area contributed by atoms with Crippen molar-refractivity contribution in [2.45, 2.75) is 32.2 Å². The fraction of sp³-hybridized carbons (Fsp3) is 0.417. The molecule has 0 heterocycles. The molecule has 0 radical (unpaired) electrons. The minimum Gasteiger partial charge on any atom is -0.480 e. The zero-order valence-corrected chi connectivity index (χ0v) is 9.76. The number of rotatable bonds is 5. The van der Waals surface area contributed by atoms with Gasteiger partial charge in [-0.1, -0.05) is 19.9 Å². The van der Waals surface area contributed by atoms with Gasteiger partial charge in [-0.3, -0.25) is 0 Å². The van der Waals surface area contributed by atoms with Gasteiger partial charge < -0.3 is 10.4 Å². The summed E-state index contributed by atoms with van der Waals surface area (Å²) in [6, 6.07) is 3.64. The molecule has 0 aliphatic carbocycles. The maximum absolute atomic E-state index is 13.4. The lowest BCUT2D eigenvalue weighted by Crippen LogP contribution is -2.45. The molecule has 0 fully saturated rings. The van der Waals surface area contributed by atoms with E-state index in [1.54, 1.807) is 13.8 Å². The Balaban J connectivity index is 3.10. The number of hydrogen-bond donors (Lipinski definition) is 2. The Morgan fingerprint density at radius 3 is 2.41 bits per heavy atom. The number of carboxylic acid groups (broad SMARTS) is 1. The number of halogens is 2. The molecule has 0 amide bonds. The molecule has 0 unspecified atom stereocenters. The highest BCUT2D eigenvalue weighted by molar-refractivity contribution is 5.82. The highest BCUT2D eigenvalue weighted by Crippen LogP contribution is 2.25. The smallest absolute Gasteiger partial charge is 0.329 e. The van der Waals surface area contributed by atoms with Crippen LogP contribution in [0, 0.1) is 11.6 Å². The fourth-order valence-corrected chi connectivity index (χ4v) is 1.64. The summed E-state index contributed by atoms with van der Waals surface area (Å²) in [4.78, 5) is 11.2. The molecule has 1 rings (SSSR count). The number of aliphatic carboxylic acids is 1. The van der Waals surface area contributed by atoms with E-state index in [0.29, 0.717) is 0 Å². The summed E-state index contributed by atoms with van der Waals surface area (Å²) < 4.78 is 26.4. The molecule has 0 atom stereocenters. The van der Waals surface area contributed by atoms with Crippen molar-refractivity contribution in [3.8, 4) is 0 Å². The number of hydrogen-bond acceptors (Lipinski definition) is 2. The quantitative estimate of drug-likeness (QED) is 0.835. The van der Waals surface area contributed by atoms with Gasteiger partial charge in [0.2, 0.25) is 0 Å². The number of carbonyl (C=O) groups is 1. The van der Waals surface area contributed by atoms with Crippen molar-refractivity contribution in [3.63, 3.8) is 0 Å². The molecule has 0 aliphatic rings. The van der Waals surface area contributed by atoms with Gasteiger partial charge in [-0.25, -0.2) is 13.6 Å². The van der Waals surface area contributed by atoms with Gasteiger partial charge in [-0.2, -0.15) is 0 Å². The minimum atomic E-state index is -1.27. The summed E-state index contributed by atoms with van der Waals surface area (Å²) in [5, 5.41) is 11.8. The third-order valence-corrected chi connectivity index (χ3v) is 2.94. The van der Waals surface area contributed by atoms with Gasteiger partial charge in [0, 0.05) is 0 Å². The predicted octanol–water partition coefficient (Wildman–Crippen LogP) is 3.02. The van der Waals surface area contributed by atoms with E-state index in [0.717, 1.165) is 6.07 Å². The monoisotopic (exact) mass is 243 g/mol. The van der Waals surface area contributed by atoms with Crippen molar-refractivity contribution < 1.29 is 18.7 Å². The average Bonchev–Trinajstić information content (AvgIpc) is 2.31. The molecule has 0 aliphatic heterocycles. The highest BCUT2D eigenvalue weighted by atomic mass is 19.2. The van der Waals surface area contributed by atoms with Crippen molar-refractivity contribution in [1.82, 2.24) is 0 Å². The normalized spacial score (nSPS) is 11.3. The first-order chi connectivity index (χ1) is 7.96. The largest absolute Gasteiger partial charge is 0.480 e. The van der Waals surface area contributed by atoms with Gasteiger partial charge in [0.15, 0.2) is 11.6 Å².